The Balaban J connectivity index is 1.74. The number of carbonyl (C=O) groups is 2. The fraction of sp³-hybridized carbons (Fsp3) is 0.636. The number of ketones is 1. The van der Waals surface area contributed by atoms with Crippen LogP contribution in [-0.2, 0) is 22.4 Å². The summed E-state index contributed by atoms with van der Waals surface area (Å²) in [6.07, 6.45) is 7.70. The topological polar surface area (TPSA) is 55.4 Å². The summed E-state index contributed by atoms with van der Waals surface area (Å²) in [6, 6.07) is 8.29. The van der Waals surface area contributed by atoms with Crippen molar-refractivity contribution < 1.29 is 14.3 Å². The first-order chi connectivity index (χ1) is 12.3. The molecule has 2 rings (SSSR count). The van der Waals surface area contributed by atoms with E-state index >= 15 is 0 Å². The quantitative estimate of drug-likeness (QED) is 0.709. The molecule has 0 aromatic heterocycles. The molecule has 1 aromatic carbocycles. The van der Waals surface area contributed by atoms with Gasteiger partial charge in [-0.2, -0.15) is 0 Å². The fourth-order valence-corrected chi connectivity index (χ4v) is 3.46. The molecule has 0 atom stereocenters. The van der Waals surface area contributed by atoms with Gasteiger partial charge in [-0.05, 0) is 57.6 Å². The Morgan fingerprint density at radius 2 is 1.81 bits per heavy atom. The van der Waals surface area contributed by atoms with Crippen molar-refractivity contribution in [2.75, 3.05) is 6.54 Å². The van der Waals surface area contributed by atoms with Crippen LogP contribution in [-0.4, -0.2) is 24.0 Å². The molecule has 0 saturated heterocycles. The molecule has 4 nitrogen and oxygen atoms in total. The lowest BCUT2D eigenvalue weighted by molar-refractivity contribution is -0.123. The van der Waals surface area contributed by atoms with E-state index in [0.29, 0.717) is 18.7 Å². The van der Waals surface area contributed by atoms with Gasteiger partial charge in [0.15, 0.2) is 0 Å². The minimum Gasteiger partial charge on any atom is -0.444 e. The van der Waals surface area contributed by atoms with Gasteiger partial charge < -0.3 is 10.1 Å². The highest BCUT2D eigenvalue weighted by Gasteiger charge is 2.21. The Morgan fingerprint density at radius 3 is 2.50 bits per heavy atom. The van der Waals surface area contributed by atoms with Crippen LogP contribution in [0, 0.1) is 5.92 Å². The molecule has 1 fully saturated rings. The van der Waals surface area contributed by atoms with Crippen LogP contribution in [0.5, 0.6) is 0 Å². The third kappa shape index (κ3) is 7.59. The largest absolute Gasteiger partial charge is 0.444 e. The Morgan fingerprint density at radius 1 is 1.12 bits per heavy atom. The molecule has 0 spiro atoms. The number of nitrogens with one attached hydrogen (secondary N) is 1. The molecule has 26 heavy (non-hydrogen) atoms. The number of ether oxygens (including phenoxy) is 1. The number of hydrogen-bond acceptors (Lipinski definition) is 3. The molecular weight excluding hydrogens is 326 g/mol. The summed E-state index contributed by atoms with van der Waals surface area (Å²) in [6.45, 7) is 6.15. The number of Topliss-reactive ketones (excluding diaryl/α,β-unsaturated/α-hetero) is 1. The number of alkyl carbamates (subject to hydrolysis) is 1. The molecule has 1 aliphatic rings. The van der Waals surface area contributed by atoms with Crippen LogP contribution < -0.4 is 5.32 Å². The van der Waals surface area contributed by atoms with Crippen molar-refractivity contribution in [3.8, 4) is 0 Å². The number of benzene rings is 1. The second kappa shape index (κ2) is 9.75. The minimum absolute atomic E-state index is 0.269. The zero-order valence-electron chi connectivity index (χ0n) is 16.5. The standard InChI is InChI=1S/C22H33NO3/c1-22(2,3)26-21(25)23-14-8-11-17-9-7-10-18(15-17)16-20(24)19-12-5-4-6-13-19/h7,9-10,15,19H,4-6,8,11-14,16H2,1-3H3,(H,23,25). The molecule has 1 N–H and O–H groups in total. The predicted molar refractivity (Wildman–Crippen MR) is 104 cm³/mol. The number of hydrogen-bond donors (Lipinski definition) is 1. The van der Waals surface area contributed by atoms with Gasteiger partial charge in [0, 0.05) is 18.9 Å². The Bertz CT molecular complexity index is 598. The SMILES string of the molecule is CC(C)(C)OC(=O)NCCCc1cccc(CC(=O)C2CCCCC2)c1. The monoisotopic (exact) mass is 359 g/mol. The molecule has 1 aliphatic carbocycles. The lowest BCUT2D eigenvalue weighted by atomic mass is 9.84. The second-order valence-electron chi connectivity index (χ2n) is 8.33. The van der Waals surface area contributed by atoms with E-state index in [1.807, 2.05) is 32.9 Å². The first-order valence-electron chi connectivity index (χ1n) is 9.91. The highest BCUT2D eigenvalue weighted by Crippen LogP contribution is 2.25. The zero-order chi connectivity index (χ0) is 19.0. The van der Waals surface area contributed by atoms with Gasteiger partial charge in [-0.3, -0.25) is 4.79 Å². The normalized spacial score (nSPS) is 15.5. The van der Waals surface area contributed by atoms with Gasteiger partial charge in [-0.25, -0.2) is 4.79 Å². The number of carbonyl (C=O) groups excluding carboxylic acids is 2. The van der Waals surface area contributed by atoms with Crippen LogP contribution in [0.25, 0.3) is 0 Å². The van der Waals surface area contributed by atoms with Crippen LogP contribution in [0.15, 0.2) is 24.3 Å². The summed E-state index contributed by atoms with van der Waals surface area (Å²) in [5.74, 6) is 0.666. The minimum atomic E-state index is -0.469. The van der Waals surface area contributed by atoms with Crippen molar-refractivity contribution in [3.63, 3.8) is 0 Å². The maximum Gasteiger partial charge on any atom is 0.407 e. The average Bonchev–Trinajstić information content (AvgIpc) is 2.58. The van der Waals surface area contributed by atoms with E-state index in [1.54, 1.807) is 0 Å². The third-order valence-electron chi connectivity index (χ3n) is 4.74. The molecule has 4 heteroatoms. The smallest absolute Gasteiger partial charge is 0.407 e. The van der Waals surface area contributed by atoms with E-state index in [1.165, 1.54) is 24.8 Å². The van der Waals surface area contributed by atoms with Crippen LogP contribution in [0.2, 0.25) is 0 Å². The highest BCUT2D eigenvalue weighted by atomic mass is 16.6. The summed E-state index contributed by atoms with van der Waals surface area (Å²) in [5, 5.41) is 2.78. The molecule has 1 aromatic rings. The summed E-state index contributed by atoms with van der Waals surface area (Å²) < 4.78 is 5.22. The van der Waals surface area contributed by atoms with Gasteiger partial charge in [0.25, 0.3) is 0 Å². The summed E-state index contributed by atoms with van der Waals surface area (Å²) in [7, 11) is 0. The lowest BCUT2D eigenvalue weighted by Gasteiger charge is -2.20. The average molecular weight is 360 g/mol. The van der Waals surface area contributed by atoms with E-state index in [9.17, 15) is 9.59 Å². The maximum absolute atomic E-state index is 12.5. The van der Waals surface area contributed by atoms with Crippen molar-refractivity contribution in [2.24, 2.45) is 5.92 Å². The third-order valence-corrected chi connectivity index (χ3v) is 4.74. The van der Waals surface area contributed by atoms with Crippen LogP contribution >= 0.6 is 0 Å². The van der Waals surface area contributed by atoms with Crippen LogP contribution in [0.4, 0.5) is 4.79 Å². The predicted octanol–water partition coefficient (Wildman–Crippen LogP) is 4.84. The van der Waals surface area contributed by atoms with Crippen molar-refractivity contribution in [2.45, 2.75) is 77.7 Å². The summed E-state index contributed by atoms with van der Waals surface area (Å²) in [4.78, 5) is 24.1. The molecular formula is C22H33NO3. The molecule has 1 amide bonds. The maximum atomic E-state index is 12.5. The molecule has 0 radical (unpaired) electrons. The Hall–Kier alpha value is -1.84. The van der Waals surface area contributed by atoms with Crippen molar-refractivity contribution >= 4 is 11.9 Å². The molecule has 0 heterocycles. The molecule has 0 bridgehead atoms. The van der Waals surface area contributed by atoms with E-state index in [-0.39, 0.29) is 12.0 Å². The lowest BCUT2D eigenvalue weighted by Crippen LogP contribution is -2.33. The van der Waals surface area contributed by atoms with Gasteiger partial charge in [0.05, 0.1) is 0 Å². The van der Waals surface area contributed by atoms with Crippen molar-refractivity contribution in [1.29, 1.82) is 0 Å². The zero-order valence-corrected chi connectivity index (χ0v) is 16.5. The van der Waals surface area contributed by atoms with Gasteiger partial charge in [-0.1, -0.05) is 43.5 Å². The fourth-order valence-electron chi connectivity index (χ4n) is 3.46. The van der Waals surface area contributed by atoms with E-state index < -0.39 is 5.60 Å². The van der Waals surface area contributed by atoms with Gasteiger partial charge in [0.1, 0.15) is 11.4 Å². The molecule has 0 unspecified atom stereocenters. The van der Waals surface area contributed by atoms with Gasteiger partial charge in [0.2, 0.25) is 0 Å². The van der Waals surface area contributed by atoms with Crippen molar-refractivity contribution in [3.05, 3.63) is 35.4 Å². The van der Waals surface area contributed by atoms with Gasteiger partial charge in [-0.15, -0.1) is 0 Å². The van der Waals surface area contributed by atoms with Crippen LogP contribution in [0.3, 0.4) is 0 Å². The van der Waals surface area contributed by atoms with E-state index in [0.717, 1.165) is 31.2 Å². The summed E-state index contributed by atoms with van der Waals surface area (Å²) >= 11 is 0. The molecule has 0 aliphatic heterocycles. The Labute approximate surface area is 157 Å². The van der Waals surface area contributed by atoms with Crippen molar-refractivity contribution in [1.82, 2.24) is 5.32 Å². The van der Waals surface area contributed by atoms with E-state index in [4.69, 9.17) is 4.74 Å². The first kappa shape index (κ1) is 20.5. The van der Waals surface area contributed by atoms with Gasteiger partial charge >= 0.3 is 6.09 Å². The first-order valence-corrected chi connectivity index (χ1v) is 9.91. The second-order valence-corrected chi connectivity index (χ2v) is 8.33. The number of aryl methyl sites for hydroxylation is 1. The van der Waals surface area contributed by atoms with Crippen LogP contribution in [0.1, 0.15) is 70.4 Å². The number of amides is 1. The molecule has 1 saturated carbocycles. The highest BCUT2D eigenvalue weighted by molar-refractivity contribution is 5.83. The Kier molecular flexibility index (Phi) is 7.67. The summed E-state index contributed by atoms with van der Waals surface area (Å²) in [5.41, 5.74) is 1.85. The number of rotatable bonds is 7. The molecule has 144 valence electrons. The van der Waals surface area contributed by atoms with E-state index in [2.05, 4.69) is 17.4 Å².